The van der Waals surface area contributed by atoms with Crippen LogP contribution in [0.15, 0.2) is 30.9 Å². The molecule has 33 heavy (non-hydrogen) atoms. The molecule has 1 aliphatic rings. The fourth-order valence-corrected chi connectivity index (χ4v) is 3.48. The SMILES string of the molecule is CC(C)(O)C(F)CNC(=O)c1cnc(-c2cnn3cc(Cl)cnc23)cc1N[C@@H]1COC[C@H]1O. The van der Waals surface area contributed by atoms with Crippen LogP contribution in [0.2, 0.25) is 5.02 Å². The Hall–Kier alpha value is -2.86. The van der Waals surface area contributed by atoms with Gasteiger partial charge in [-0.1, -0.05) is 11.6 Å². The van der Waals surface area contributed by atoms with Gasteiger partial charge in [0, 0.05) is 12.4 Å². The third-order valence-electron chi connectivity index (χ3n) is 5.35. The molecule has 12 heteroatoms. The summed E-state index contributed by atoms with van der Waals surface area (Å²) in [6, 6.07) is 1.19. The summed E-state index contributed by atoms with van der Waals surface area (Å²) in [6.45, 7) is 2.70. The molecule has 3 aromatic heterocycles. The van der Waals surface area contributed by atoms with E-state index in [0.29, 0.717) is 27.6 Å². The highest BCUT2D eigenvalue weighted by atomic mass is 35.5. The number of halogens is 2. The summed E-state index contributed by atoms with van der Waals surface area (Å²) in [6.07, 6.45) is 3.61. The number of fused-ring (bicyclic) bond motifs is 1. The predicted octanol–water partition coefficient (Wildman–Crippen LogP) is 1.46. The number of nitrogens with one attached hydrogen (secondary N) is 2. The van der Waals surface area contributed by atoms with E-state index in [-0.39, 0.29) is 25.3 Å². The van der Waals surface area contributed by atoms with Crippen molar-refractivity contribution in [2.24, 2.45) is 0 Å². The van der Waals surface area contributed by atoms with Gasteiger partial charge < -0.3 is 25.6 Å². The van der Waals surface area contributed by atoms with Crippen molar-refractivity contribution >= 4 is 28.8 Å². The second-order valence-electron chi connectivity index (χ2n) is 8.40. The highest BCUT2D eigenvalue weighted by Crippen LogP contribution is 2.28. The van der Waals surface area contributed by atoms with E-state index in [1.165, 1.54) is 30.8 Å². The first-order chi connectivity index (χ1) is 15.6. The van der Waals surface area contributed by atoms with Gasteiger partial charge in [0.15, 0.2) is 5.65 Å². The van der Waals surface area contributed by atoms with Crippen molar-refractivity contribution in [3.05, 3.63) is 41.4 Å². The Balaban J connectivity index is 1.66. The molecule has 3 atom stereocenters. The molecular formula is C21H24ClFN6O4. The van der Waals surface area contributed by atoms with Gasteiger partial charge in [-0.05, 0) is 19.9 Å². The molecule has 0 spiro atoms. The number of nitrogens with zero attached hydrogens (tertiary/aromatic N) is 4. The Labute approximate surface area is 193 Å². The first-order valence-corrected chi connectivity index (χ1v) is 10.7. The lowest BCUT2D eigenvalue weighted by atomic mass is 10.0. The summed E-state index contributed by atoms with van der Waals surface area (Å²) in [5.41, 5.74) is 0.529. The van der Waals surface area contributed by atoms with Crippen LogP contribution >= 0.6 is 11.6 Å². The van der Waals surface area contributed by atoms with Crippen molar-refractivity contribution in [2.75, 3.05) is 25.1 Å². The molecule has 4 N–H and O–H groups in total. The van der Waals surface area contributed by atoms with Gasteiger partial charge in [0.1, 0.15) is 6.17 Å². The van der Waals surface area contributed by atoms with Gasteiger partial charge in [-0.3, -0.25) is 9.78 Å². The quantitative estimate of drug-likeness (QED) is 0.401. The molecule has 4 rings (SSSR count). The highest BCUT2D eigenvalue weighted by molar-refractivity contribution is 6.30. The molecule has 0 saturated carbocycles. The third-order valence-corrected chi connectivity index (χ3v) is 5.54. The van der Waals surface area contributed by atoms with E-state index >= 15 is 0 Å². The van der Waals surface area contributed by atoms with E-state index in [1.807, 2.05) is 0 Å². The molecule has 4 heterocycles. The summed E-state index contributed by atoms with van der Waals surface area (Å²) in [5.74, 6) is -0.582. The average Bonchev–Trinajstić information content (AvgIpc) is 3.36. The molecule has 0 radical (unpaired) electrons. The number of pyridine rings is 1. The predicted molar refractivity (Wildman–Crippen MR) is 119 cm³/mol. The summed E-state index contributed by atoms with van der Waals surface area (Å²) in [4.78, 5) is 21.5. The van der Waals surface area contributed by atoms with Crippen LogP contribution in [0.25, 0.3) is 16.9 Å². The summed E-state index contributed by atoms with van der Waals surface area (Å²) >= 11 is 5.97. The van der Waals surface area contributed by atoms with Crippen molar-refractivity contribution in [2.45, 2.75) is 37.8 Å². The number of carbonyl (C=O) groups is 1. The van der Waals surface area contributed by atoms with Gasteiger partial charge in [0.2, 0.25) is 0 Å². The first-order valence-electron chi connectivity index (χ1n) is 10.3. The minimum atomic E-state index is -1.66. The minimum absolute atomic E-state index is 0.147. The average molecular weight is 479 g/mol. The van der Waals surface area contributed by atoms with E-state index in [4.69, 9.17) is 16.3 Å². The van der Waals surface area contributed by atoms with Crippen molar-refractivity contribution in [1.29, 1.82) is 0 Å². The molecule has 3 aromatic rings. The van der Waals surface area contributed by atoms with Gasteiger partial charge in [-0.25, -0.2) is 13.9 Å². The molecule has 1 amide bonds. The van der Waals surface area contributed by atoms with Crippen LogP contribution in [-0.2, 0) is 4.74 Å². The van der Waals surface area contributed by atoms with Crippen molar-refractivity contribution in [3.8, 4) is 11.3 Å². The molecule has 0 aromatic carbocycles. The Kier molecular flexibility index (Phi) is 6.48. The van der Waals surface area contributed by atoms with Gasteiger partial charge in [-0.15, -0.1) is 0 Å². The lowest BCUT2D eigenvalue weighted by Gasteiger charge is -2.23. The zero-order valence-electron chi connectivity index (χ0n) is 18.0. The van der Waals surface area contributed by atoms with Crippen LogP contribution in [0.3, 0.4) is 0 Å². The molecule has 1 aliphatic heterocycles. The van der Waals surface area contributed by atoms with Crippen LogP contribution < -0.4 is 10.6 Å². The Bertz CT molecular complexity index is 1170. The first kappa shape index (κ1) is 23.3. The summed E-state index contributed by atoms with van der Waals surface area (Å²) in [7, 11) is 0. The second-order valence-corrected chi connectivity index (χ2v) is 8.84. The number of aliphatic hydroxyl groups is 2. The number of aromatic nitrogens is 4. The number of carbonyl (C=O) groups excluding carboxylic acids is 1. The van der Waals surface area contributed by atoms with Gasteiger partial charge in [0.05, 0.1) is 77.4 Å². The summed E-state index contributed by atoms with van der Waals surface area (Å²) in [5, 5.41) is 30.2. The van der Waals surface area contributed by atoms with E-state index < -0.39 is 29.8 Å². The van der Waals surface area contributed by atoms with E-state index in [0.717, 1.165) is 0 Å². The number of anilines is 1. The van der Waals surface area contributed by atoms with Crippen molar-refractivity contribution in [3.63, 3.8) is 0 Å². The molecule has 1 fully saturated rings. The van der Waals surface area contributed by atoms with Crippen LogP contribution in [0.1, 0.15) is 24.2 Å². The Morgan fingerprint density at radius 1 is 1.36 bits per heavy atom. The maximum atomic E-state index is 14.1. The second kappa shape index (κ2) is 9.18. The van der Waals surface area contributed by atoms with E-state index in [9.17, 15) is 19.4 Å². The lowest BCUT2D eigenvalue weighted by Crippen LogP contribution is -2.42. The Morgan fingerprint density at radius 2 is 2.15 bits per heavy atom. The number of hydrogen-bond donors (Lipinski definition) is 4. The number of hydrogen-bond acceptors (Lipinski definition) is 8. The van der Waals surface area contributed by atoms with Gasteiger partial charge in [-0.2, -0.15) is 5.10 Å². The topological polar surface area (TPSA) is 134 Å². The molecule has 1 unspecified atom stereocenters. The van der Waals surface area contributed by atoms with E-state index in [1.54, 1.807) is 18.5 Å². The summed E-state index contributed by atoms with van der Waals surface area (Å²) < 4.78 is 20.9. The Morgan fingerprint density at radius 3 is 2.85 bits per heavy atom. The molecule has 10 nitrogen and oxygen atoms in total. The molecule has 1 saturated heterocycles. The number of alkyl halides is 1. The lowest BCUT2D eigenvalue weighted by molar-refractivity contribution is -0.00177. The number of aliphatic hydroxyl groups excluding tert-OH is 1. The highest BCUT2D eigenvalue weighted by Gasteiger charge is 2.29. The minimum Gasteiger partial charge on any atom is -0.388 e. The van der Waals surface area contributed by atoms with Crippen LogP contribution in [0.5, 0.6) is 0 Å². The molecule has 0 aliphatic carbocycles. The maximum Gasteiger partial charge on any atom is 0.255 e. The third kappa shape index (κ3) is 5.06. The fourth-order valence-electron chi connectivity index (χ4n) is 3.34. The van der Waals surface area contributed by atoms with E-state index in [2.05, 4.69) is 25.7 Å². The maximum absolute atomic E-state index is 14.1. The number of rotatable bonds is 7. The normalized spacial score (nSPS) is 19.6. The number of amides is 1. The monoisotopic (exact) mass is 478 g/mol. The number of ether oxygens (including phenoxy) is 1. The molecule has 0 bridgehead atoms. The fraction of sp³-hybridized carbons (Fsp3) is 0.429. The molecule has 176 valence electrons. The largest absolute Gasteiger partial charge is 0.388 e. The van der Waals surface area contributed by atoms with Crippen molar-refractivity contribution < 1.29 is 24.1 Å². The zero-order valence-corrected chi connectivity index (χ0v) is 18.8. The van der Waals surface area contributed by atoms with Crippen LogP contribution in [0, 0.1) is 0 Å². The zero-order chi connectivity index (χ0) is 23.8. The van der Waals surface area contributed by atoms with Gasteiger partial charge in [0.25, 0.3) is 5.91 Å². The standard InChI is InChI=1S/C21H24ClFN6O4/c1-21(2,32)18(23)7-26-20(31)13-5-24-14(3-15(13)28-16-9-33-10-17(16)30)12-6-27-29-8-11(22)4-25-19(12)29/h3-6,8,16-18,30,32H,7,9-10H2,1-2H3,(H,24,28)(H,26,31)/t16-,17-,18?/m1/s1. The smallest absolute Gasteiger partial charge is 0.255 e. The molecular weight excluding hydrogens is 455 g/mol. The van der Waals surface area contributed by atoms with Crippen LogP contribution in [0.4, 0.5) is 10.1 Å². The van der Waals surface area contributed by atoms with Gasteiger partial charge >= 0.3 is 0 Å². The van der Waals surface area contributed by atoms with Crippen molar-refractivity contribution in [1.82, 2.24) is 24.9 Å². The van der Waals surface area contributed by atoms with Crippen LogP contribution in [-0.4, -0.2) is 79.4 Å².